The second-order valence-electron chi connectivity index (χ2n) is 4.13. The van der Waals surface area contributed by atoms with Gasteiger partial charge < -0.3 is 11.1 Å². The summed E-state index contributed by atoms with van der Waals surface area (Å²) in [5.74, 6) is 1.85. The molecular formula is C12H19BrN2S. The molecule has 0 saturated carbocycles. The van der Waals surface area contributed by atoms with Gasteiger partial charge in [-0.15, -0.1) is 0 Å². The van der Waals surface area contributed by atoms with Gasteiger partial charge >= 0.3 is 0 Å². The van der Waals surface area contributed by atoms with E-state index in [1.54, 1.807) is 0 Å². The minimum absolute atomic E-state index is 0.666. The molecule has 0 heterocycles. The summed E-state index contributed by atoms with van der Waals surface area (Å²) in [5, 5.41) is 3.45. The van der Waals surface area contributed by atoms with Crippen LogP contribution in [0, 0.1) is 12.8 Å². The fraction of sp³-hybridized carbons (Fsp3) is 0.500. The molecule has 2 nitrogen and oxygen atoms in total. The highest BCUT2D eigenvalue weighted by atomic mass is 79.9. The first-order valence-electron chi connectivity index (χ1n) is 5.33. The van der Waals surface area contributed by atoms with E-state index in [4.69, 9.17) is 5.73 Å². The second-order valence-corrected chi connectivity index (χ2v) is 5.90. The lowest BCUT2D eigenvalue weighted by atomic mass is 10.1. The van der Waals surface area contributed by atoms with E-state index in [0.717, 1.165) is 28.0 Å². The number of rotatable bonds is 5. The number of thioether (sulfide) groups is 1. The normalized spacial score (nSPS) is 12.5. The zero-order valence-electron chi connectivity index (χ0n) is 10.0. The standard InChI is InChI=1S/C12H19BrN2S/c1-8(7-16-3)6-15-12-4-9(2)11(14)5-10(12)13/h4-5,8,15H,6-7,14H2,1-3H3. The number of nitrogens with one attached hydrogen (secondary N) is 1. The molecule has 90 valence electrons. The summed E-state index contributed by atoms with van der Waals surface area (Å²) in [5.41, 5.74) is 8.90. The van der Waals surface area contributed by atoms with Crippen molar-refractivity contribution in [2.75, 3.05) is 29.6 Å². The Balaban J connectivity index is 2.63. The molecule has 0 aliphatic carbocycles. The topological polar surface area (TPSA) is 38.0 Å². The number of nitrogen functional groups attached to an aromatic ring is 1. The van der Waals surface area contributed by atoms with E-state index in [-0.39, 0.29) is 0 Å². The van der Waals surface area contributed by atoms with Crippen LogP contribution in [0.2, 0.25) is 0 Å². The van der Waals surface area contributed by atoms with Gasteiger partial charge in [-0.1, -0.05) is 6.92 Å². The molecule has 1 rings (SSSR count). The highest BCUT2D eigenvalue weighted by Crippen LogP contribution is 2.27. The van der Waals surface area contributed by atoms with Crippen LogP contribution in [0.15, 0.2) is 16.6 Å². The Labute approximate surface area is 111 Å². The Hall–Kier alpha value is -0.350. The van der Waals surface area contributed by atoms with Crippen molar-refractivity contribution < 1.29 is 0 Å². The number of nitrogens with two attached hydrogens (primary N) is 1. The molecule has 0 amide bonds. The van der Waals surface area contributed by atoms with Crippen molar-refractivity contribution in [1.82, 2.24) is 0 Å². The third-order valence-corrected chi connectivity index (χ3v) is 4.01. The number of anilines is 2. The first-order valence-corrected chi connectivity index (χ1v) is 7.51. The molecule has 0 aromatic heterocycles. The number of halogens is 1. The van der Waals surface area contributed by atoms with E-state index in [1.807, 2.05) is 24.8 Å². The van der Waals surface area contributed by atoms with Crippen LogP contribution in [0.5, 0.6) is 0 Å². The highest BCUT2D eigenvalue weighted by molar-refractivity contribution is 9.10. The Bertz CT molecular complexity index is 355. The summed E-state index contributed by atoms with van der Waals surface area (Å²) in [7, 11) is 0. The van der Waals surface area contributed by atoms with Gasteiger partial charge in [-0.25, -0.2) is 0 Å². The van der Waals surface area contributed by atoms with Gasteiger partial charge in [-0.3, -0.25) is 0 Å². The monoisotopic (exact) mass is 302 g/mol. The van der Waals surface area contributed by atoms with E-state index >= 15 is 0 Å². The van der Waals surface area contributed by atoms with Gasteiger partial charge in [-0.2, -0.15) is 11.8 Å². The Kier molecular flexibility index (Phi) is 5.49. The molecule has 4 heteroatoms. The fourth-order valence-electron chi connectivity index (χ4n) is 1.46. The van der Waals surface area contributed by atoms with Crippen molar-refractivity contribution in [1.29, 1.82) is 0 Å². The Morgan fingerprint density at radius 2 is 2.19 bits per heavy atom. The molecule has 1 unspecified atom stereocenters. The molecule has 0 saturated heterocycles. The lowest BCUT2D eigenvalue weighted by molar-refractivity contribution is 0.701. The highest BCUT2D eigenvalue weighted by Gasteiger charge is 2.05. The smallest absolute Gasteiger partial charge is 0.0488 e. The number of hydrogen-bond donors (Lipinski definition) is 2. The lowest BCUT2D eigenvalue weighted by Gasteiger charge is -2.14. The molecule has 0 aliphatic heterocycles. The summed E-state index contributed by atoms with van der Waals surface area (Å²) < 4.78 is 1.03. The molecular weight excluding hydrogens is 284 g/mol. The van der Waals surface area contributed by atoms with E-state index < -0.39 is 0 Å². The van der Waals surface area contributed by atoms with Crippen LogP contribution in [0.3, 0.4) is 0 Å². The Morgan fingerprint density at radius 3 is 2.81 bits per heavy atom. The second kappa shape index (κ2) is 6.40. The number of benzene rings is 1. The number of hydrogen-bond acceptors (Lipinski definition) is 3. The van der Waals surface area contributed by atoms with Crippen molar-refractivity contribution in [3.63, 3.8) is 0 Å². The fourth-order valence-corrected chi connectivity index (χ4v) is 2.65. The molecule has 1 atom stereocenters. The van der Waals surface area contributed by atoms with Crippen molar-refractivity contribution in [2.45, 2.75) is 13.8 Å². The third-order valence-electron chi connectivity index (χ3n) is 2.45. The van der Waals surface area contributed by atoms with Crippen molar-refractivity contribution in [2.24, 2.45) is 5.92 Å². The third kappa shape index (κ3) is 3.91. The number of aryl methyl sites for hydroxylation is 1. The van der Waals surface area contributed by atoms with E-state index in [1.165, 1.54) is 5.75 Å². The van der Waals surface area contributed by atoms with Crippen molar-refractivity contribution >= 4 is 39.1 Å². The van der Waals surface area contributed by atoms with Gasteiger partial charge in [0.15, 0.2) is 0 Å². The van der Waals surface area contributed by atoms with E-state index in [2.05, 4.69) is 40.5 Å². The molecule has 16 heavy (non-hydrogen) atoms. The van der Waals surface area contributed by atoms with Gasteiger partial charge in [0.1, 0.15) is 0 Å². The zero-order chi connectivity index (χ0) is 12.1. The molecule has 0 bridgehead atoms. The molecule has 1 aromatic carbocycles. The summed E-state index contributed by atoms with van der Waals surface area (Å²) in [6.07, 6.45) is 2.14. The van der Waals surface area contributed by atoms with E-state index in [9.17, 15) is 0 Å². The molecule has 0 spiro atoms. The molecule has 3 N–H and O–H groups in total. The largest absolute Gasteiger partial charge is 0.398 e. The van der Waals surface area contributed by atoms with Crippen LogP contribution in [-0.4, -0.2) is 18.6 Å². The van der Waals surface area contributed by atoms with Gasteiger partial charge in [0, 0.05) is 22.4 Å². The maximum atomic E-state index is 5.83. The minimum Gasteiger partial charge on any atom is -0.398 e. The van der Waals surface area contributed by atoms with Crippen LogP contribution >= 0.6 is 27.7 Å². The first kappa shape index (κ1) is 13.7. The summed E-state index contributed by atoms with van der Waals surface area (Å²) in [6, 6.07) is 4.04. The summed E-state index contributed by atoms with van der Waals surface area (Å²) in [4.78, 5) is 0. The van der Waals surface area contributed by atoms with Crippen molar-refractivity contribution in [3.8, 4) is 0 Å². The maximum absolute atomic E-state index is 5.83. The predicted octanol–water partition coefficient (Wildman–Crippen LogP) is 3.75. The van der Waals surface area contributed by atoms with Gasteiger partial charge in [0.25, 0.3) is 0 Å². The van der Waals surface area contributed by atoms with Gasteiger partial charge in [0.2, 0.25) is 0 Å². The van der Waals surface area contributed by atoms with Crippen LogP contribution < -0.4 is 11.1 Å². The van der Waals surface area contributed by atoms with Crippen LogP contribution in [0.1, 0.15) is 12.5 Å². The van der Waals surface area contributed by atoms with Crippen LogP contribution in [-0.2, 0) is 0 Å². The zero-order valence-corrected chi connectivity index (χ0v) is 12.4. The summed E-state index contributed by atoms with van der Waals surface area (Å²) in [6.45, 7) is 5.27. The van der Waals surface area contributed by atoms with Crippen LogP contribution in [0.4, 0.5) is 11.4 Å². The average Bonchev–Trinajstić information content (AvgIpc) is 2.22. The lowest BCUT2D eigenvalue weighted by Crippen LogP contribution is -2.13. The first-order chi connectivity index (χ1) is 7.54. The minimum atomic E-state index is 0.666. The average molecular weight is 303 g/mol. The quantitative estimate of drug-likeness (QED) is 0.814. The van der Waals surface area contributed by atoms with Crippen molar-refractivity contribution in [3.05, 3.63) is 22.2 Å². The molecule has 1 aromatic rings. The van der Waals surface area contributed by atoms with Gasteiger partial charge in [-0.05, 0) is 58.5 Å². The molecule has 0 radical (unpaired) electrons. The SMILES string of the molecule is CSCC(C)CNc1cc(C)c(N)cc1Br. The predicted molar refractivity (Wildman–Crippen MR) is 79.3 cm³/mol. The molecule has 0 fully saturated rings. The van der Waals surface area contributed by atoms with Gasteiger partial charge in [0.05, 0.1) is 0 Å². The Morgan fingerprint density at radius 1 is 1.50 bits per heavy atom. The summed E-state index contributed by atoms with van der Waals surface area (Å²) >= 11 is 5.41. The van der Waals surface area contributed by atoms with E-state index in [0.29, 0.717) is 5.92 Å². The molecule has 0 aliphatic rings. The van der Waals surface area contributed by atoms with Crippen LogP contribution in [0.25, 0.3) is 0 Å². The maximum Gasteiger partial charge on any atom is 0.0488 e.